The number of nitrogens with one attached hydrogen (secondary N) is 1. The Balaban J connectivity index is 2.35. The SMILES string of the molecule is CCOC(=O)c1c(-c2ccc(OC(C)=O)cc2)c(C#N)c(=N)n2ccccc12. The number of pyridine rings is 2. The van der Waals surface area contributed by atoms with Crippen LogP contribution in [0.5, 0.6) is 5.75 Å². The lowest BCUT2D eigenvalue weighted by atomic mass is 9.94. The van der Waals surface area contributed by atoms with Gasteiger partial charge in [0.05, 0.1) is 17.7 Å². The summed E-state index contributed by atoms with van der Waals surface area (Å²) in [4.78, 5) is 23.9. The van der Waals surface area contributed by atoms with Gasteiger partial charge in [0.25, 0.3) is 0 Å². The number of nitrogens with zero attached hydrogens (tertiary/aromatic N) is 2. The third kappa shape index (κ3) is 3.35. The third-order valence-electron chi connectivity index (χ3n) is 4.09. The second-order valence-corrected chi connectivity index (χ2v) is 5.88. The van der Waals surface area contributed by atoms with E-state index in [0.29, 0.717) is 22.4 Å². The monoisotopic (exact) mass is 375 g/mol. The van der Waals surface area contributed by atoms with Crippen molar-refractivity contribution in [3.63, 3.8) is 0 Å². The first-order valence-electron chi connectivity index (χ1n) is 8.56. The van der Waals surface area contributed by atoms with E-state index >= 15 is 0 Å². The Morgan fingerprint density at radius 3 is 2.50 bits per heavy atom. The molecule has 2 aromatic heterocycles. The smallest absolute Gasteiger partial charge is 0.340 e. The van der Waals surface area contributed by atoms with Gasteiger partial charge in [0.2, 0.25) is 0 Å². The molecule has 28 heavy (non-hydrogen) atoms. The molecule has 7 nitrogen and oxygen atoms in total. The topological polar surface area (TPSA) is 105 Å². The molecule has 1 aromatic carbocycles. The Morgan fingerprint density at radius 2 is 1.89 bits per heavy atom. The Hall–Kier alpha value is -3.92. The molecule has 140 valence electrons. The highest BCUT2D eigenvalue weighted by Crippen LogP contribution is 2.31. The van der Waals surface area contributed by atoms with Crippen LogP contribution in [0.4, 0.5) is 0 Å². The second kappa shape index (κ2) is 7.76. The molecule has 0 spiro atoms. The van der Waals surface area contributed by atoms with Crippen LogP contribution in [0.25, 0.3) is 16.6 Å². The van der Waals surface area contributed by atoms with Crippen molar-refractivity contribution in [3.8, 4) is 22.9 Å². The highest BCUT2D eigenvalue weighted by Gasteiger charge is 2.23. The molecule has 0 radical (unpaired) electrons. The van der Waals surface area contributed by atoms with Crippen LogP contribution in [0.15, 0.2) is 48.7 Å². The lowest BCUT2D eigenvalue weighted by Gasteiger charge is -2.16. The van der Waals surface area contributed by atoms with Gasteiger partial charge in [0, 0.05) is 18.7 Å². The molecule has 0 saturated heterocycles. The first-order valence-corrected chi connectivity index (χ1v) is 8.56. The summed E-state index contributed by atoms with van der Waals surface area (Å²) < 4.78 is 11.7. The zero-order valence-electron chi connectivity index (χ0n) is 15.4. The molecule has 0 fully saturated rings. The van der Waals surface area contributed by atoms with Gasteiger partial charge in [-0.25, -0.2) is 4.79 Å². The van der Waals surface area contributed by atoms with Crippen molar-refractivity contribution in [3.05, 3.63) is 65.3 Å². The average molecular weight is 375 g/mol. The molecule has 0 aliphatic heterocycles. The van der Waals surface area contributed by atoms with Crippen LogP contribution >= 0.6 is 0 Å². The number of benzene rings is 1. The van der Waals surface area contributed by atoms with E-state index in [2.05, 4.69) is 0 Å². The number of hydrogen-bond acceptors (Lipinski definition) is 6. The first-order chi connectivity index (χ1) is 13.5. The number of esters is 2. The Kier molecular flexibility index (Phi) is 5.23. The standard InChI is InChI=1S/C21H17N3O4/c1-3-27-21(26)19-17-6-4-5-11-24(17)20(23)16(12-22)18(19)14-7-9-15(10-8-14)28-13(2)25/h4-11,23H,3H2,1-2H3. The van der Waals surface area contributed by atoms with E-state index in [0.717, 1.165) is 0 Å². The molecule has 0 aliphatic rings. The summed E-state index contributed by atoms with van der Waals surface area (Å²) in [7, 11) is 0. The Morgan fingerprint density at radius 1 is 1.18 bits per heavy atom. The van der Waals surface area contributed by atoms with Crippen molar-refractivity contribution in [2.45, 2.75) is 13.8 Å². The van der Waals surface area contributed by atoms with E-state index in [1.54, 1.807) is 55.6 Å². The molecule has 1 N–H and O–H groups in total. The maximum Gasteiger partial charge on any atom is 0.340 e. The van der Waals surface area contributed by atoms with E-state index in [9.17, 15) is 14.9 Å². The van der Waals surface area contributed by atoms with E-state index < -0.39 is 11.9 Å². The fourth-order valence-electron chi connectivity index (χ4n) is 3.00. The lowest BCUT2D eigenvalue weighted by molar-refractivity contribution is -0.131. The molecule has 0 aliphatic carbocycles. The normalized spacial score (nSPS) is 10.3. The molecule has 0 saturated carbocycles. The van der Waals surface area contributed by atoms with Gasteiger partial charge in [0.1, 0.15) is 22.9 Å². The minimum atomic E-state index is -0.582. The number of hydrogen-bond donors (Lipinski definition) is 1. The first kappa shape index (κ1) is 18.9. The van der Waals surface area contributed by atoms with E-state index in [1.807, 2.05) is 6.07 Å². The van der Waals surface area contributed by atoms with E-state index in [1.165, 1.54) is 11.3 Å². The summed E-state index contributed by atoms with van der Waals surface area (Å²) >= 11 is 0. The predicted molar refractivity (Wildman–Crippen MR) is 101 cm³/mol. The van der Waals surface area contributed by atoms with Gasteiger partial charge < -0.3 is 13.9 Å². The van der Waals surface area contributed by atoms with E-state index in [4.69, 9.17) is 14.9 Å². The van der Waals surface area contributed by atoms with E-state index in [-0.39, 0.29) is 23.2 Å². The summed E-state index contributed by atoms with van der Waals surface area (Å²) in [5, 5.41) is 18.1. The summed E-state index contributed by atoms with van der Waals surface area (Å²) in [6.45, 7) is 3.17. The number of ether oxygens (including phenoxy) is 2. The van der Waals surface area contributed by atoms with Crippen molar-refractivity contribution in [2.24, 2.45) is 0 Å². The van der Waals surface area contributed by atoms with Crippen molar-refractivity contribution in [1.82, 2.24) is 4.40 Å². The highest BCUT2D eigenvalue weighted by atomic mass is 16.5. The van der Waals surface area contributed by atoms with Gasteiger partial charge in [-0.05, 0) is 36.8 Å². The Bertz CT molecular complexity index is 1170. The minimum Gasteiger partial charge on any atom is -0.462 e. The van der Waals surface area contributed by atoms with Crippen molar-refractivity contribution >= 4 is 17.5 Å². The molecule has 0 amide bonds. The molecule has 0 atom stereocenters. The number of carbonyl (C=O) groups excluding carboxylic acids is 2. The van der Waals surface area contributed by atoms with Gasteiger partial charge in [-0.15, -0.1) is 0 Å². The van der Waals surface area contributed by atoms with Crippen molar-refractivity contribution < 1.29 is 19.1 Å². The zero-order valence-corrected chi connectivity index (χ0v) is 15.4. The number of fused-ring (bicyclic) bond motifs is 1. The second-order valence-electron chi connectivity index (χ2n) is 5.88. The molecular formula is C21H17N3O4. The fourth-order valence-corrected chi connectivity index (χ4v) is 3.00. The maximum atomic E-state index is 12.8. The third-order valence-corrected chi connectivity index (χ3v) is 4.09. The minimum absolute atomic E-state index is 0.0368. The van der Waals surface area contributed by atoms with Crippen LogP contribution in [0.3, 0.4) is 0 Å². The van der Waals surface area contributed by atoms with Gasteiger partial charge in [-0.3, -0.25) is 10.2 Å². The summed E-state index contributed by atoms with van der Waals surface area (Å²) in [5.74, 6) is -0.691. The largest absolute Gasteiger partial charge is 0.462 e. The van der Waals surface area contributed by atoms with Crippen LogP contribution in [0.1, 0.15) is 29.8 Å². The fraction of sp³-hybridized carbons (Fsp3) is 0.143. The maximum absolute atomic E-state index is 12.8. The van der Waals surface area contributed by atoms with Crippen molar-refractivity contribution in [1.29, 1.82) is 10.7 Å². The predicted octanol–water partition coefficient (Wildman–Crippen LogP) is 3.06. The highest BCUT2D eigenvalue weighted by molar-refractivity contribution is 6.05. The van der Waals surface area contributed by atoms with Crippen LogP contribution in [-0.4, -0.2) is 22.9 Å². The van der Waals surface area contributed by atoms with Crippen LogP contribution in [-0.2, 0) is 9.53 Å². The van der Waals surface area contributed by atoms with Gasteiger partial charge in [-0.2, -0.15) is 5.26 Å². The zero-order chi connectivity index (χ0) is 20.3. The molecular weight excluding hydrogens is 358 g/mol. The van der Waals surface area contributed by atoms with Crippen LogP contribution < -0.4 is 10.2 Å². The van der Waals surface area contributed by atoms with Gasteiger partial charge in [-0.1, -0.05) is 18.2 Å². The lowest BCUT2D eigenvalue weighted by Crippen LogP contribution is -2.22. The molecule has 0 bridgehead atoms. The quantitative estimate of drug-likeness (QED) is 0.557. The van der Waals surface area contributed by atoms with Gasteiger partial charge in [0.15, 0.2) is 0 Å². The number of carbonyl (C=O) groups is 2. The number of rotatable bonds is 4. The van der Waals surface area contributed by atoms with Crippen LogP contribution in [0.2, 0.25) is 0 Å². The summed E-state index contributed by atoms with van der Waals surface area (Å²) in [6, 6.07) is 13.6. The molecule has 7 heteroatoms. The molecule has 3 rings (SSSR count). The van der Waals surface area contributed by atoms with Gasteiger partial charge >= 0.3 is 11.9 Å². The number of nitriles is 1. The average Bonchev–Trinajstić information content (AvgIpc) is 2.68. The summed E-state index contributed by atoms with van der Waals surface area (Å²) in [6.07, 6.45) is 1.62. The number of aromatic nitrogens is 1. The Labute approximate surface area is 160 Å². The molecule has 0 unspecified atom stereocenters. The summed E-state index contributed by atoms with van der Waals surface area (Å²) in [5.41, 5.74) is 1.53. The molecule has 2 heterocycles. The van der Waals surface area contributed by atoms with Crippen LogP contribution in [0, 0.1) is 16.7 Å². The van der Waals surface area contributed by atoms with Crippen molar-refractivity contribution in [2.75, 3.05) is 6.61 Å². The molecule has 3 aromatic rings.